The van der Waals surface area contributed by atoms with Crippen molar-refractivity contribution < 1.29 is 14.3 Å². The molecule has 1 aromatic rings. The lowest BCUT2D eigenvalue weighted by molar-refractivity contribution is 0.0190. The molecule has 1 N–H and O–H groups in total. The third kappa shape index (κ3) is 3.63. The summed E-state index contributed by atoms with van der Waals surface area (Å²) in [6.07, 6.45) is 0. The van der Waals surface area contributed by atoms with Gasteiger partial charge in [-0.15, -0.1) is 0 Å². The Hall–Kier alpha value is -1.75. The van der Waals surface area contributed by atoms with Crippen LogP contribution < -0.4 is 10.1 Å². The standard InChI is InChI=1S/C15H22N2O3/c1-11-6-13(8-14(7-11)19-3)9-16-15(18)17-4-5-20-10-12(17)2/h6-8,12H,4-5,9-10H2,1-3H3,(H,16,18). The summed E-state index contributed by atoms with van der Waals surface area (Å²) in [5, 5.41) is 2.95. The topological polar surface area (TPSA) is 50.8 Å². The van der Waals surface area contributed by atoms with Crippen LogP contribution in [0.1, 0.15) is 18.1 Å². The first-order chi connectivity index (χ1) is 9.60. The van der Waals surface area contributed by atoms with Gasteiger partial charge >= 0.3 is 6.03 Å². The monoisotopic (exact) mass is 278 g/mol. The Morgan fingerprint density at radius 1 is 1.50 bits per heavy atom. The van der Waals surface area contributed by atoms with E-state index in [1.165, 1.54) is 0 Å². The molecule has 0 saturated carbocycles. The number of hydrogen-bond donors (Lipinski definition) is 1. The molecular weight excluding hydrogens is 256 g/mol. The first-order valence-corrected chi connectivity index (χ1v) is 6.87. The lowest BCUT2D eigenvalue weighted by Crippen LogP contribution is -2.51. The van der Waals surface area contributed by atoms with Gasteiger partial charge in [-0.05, 0) is 37.1 Å². The summed E-state index contributed by atoms with van der Waals surface area (Å²) >= 11 is 0. The molecule has 2 amide bonds. The quantitative estimate of drug-likeness (QED) is 0.919. The predicted octanol–water partition coefficient (Wildman–Crippen LogP) is 1.93. The first kappa shape index (κ1) is 14.7. The van der Waals surface area contributed by atoms with Crippen molar-refractivity contribution in [3.8, 4) is 5.75 Å². The number of nitrogens with zero attached hydrogens (tertiary/aromatic N) is 1. The van der Waals surface area contributed by atoms with E-state index in [2.05, 4.69) is 5.32 Å². The van der Waals surface area contributed by atoms with Crippen molar-refractivity contribution in [3.63, 3.8) is 0 Å². The number of benzene rings is 1. The number of methoxy groups -OCH3 is 1. The minimum atomic E-state index is -0.0405. The zero-order valence-electron chi connectivity index (χ0n) is 12.3. The van der Waals surface area contributed by atoms with Crippen LogP contribution in [-0.4, -0.2) is 43.8 Å². The van der Waals surface area contributed by atoms with Crippen LogP contribution in [0.4, 0.5) is 4.79 Å². The minimum absolute atomic E-state index is 0.0405. The number of rotatable bonds is 3. The highest BCUT2D eigenvalue weighted by molar-refractivity contribution is 5.74. The fourth-order valence-corrected chi connectivity index (χ4v) is 2.35. The van der Waals surface area contributed by atoms with Crippen molar-refractivity contribution in [1.29, 1.82) is 0 Å². The molecule has 0 spiro atoms. The van der Waals surface area contributed by atoms with E-state index in [9.17, 15) is 4.79 Å². The molecular formula is C15H22N2O3. The Morgan fingerprint density at radius 2 is 2.30 bits per heavy atom. The first-order valence-electron chi connectivity index (χ1n) is 6.87. The van der Waals surface area contributed by atoms with Gasteiger partial charge in [0.1, 0.15) is 5.75 Å². The van der Waals surface area contributed by atoms with Gasteiger partial charge in [0, 0.05) is 13.1 Å². The van der Waals surface area contributed by atoms with Crippen molar-refractivity contribution >= 4 is 6.03 Å². The van der Waals surface area contributed by atoms with Crippen LogP contribution in [0.2, 0.25) is 0 Å². The summed E-state index contributed by atoms with van der Waals surface area (Å²) in [5.41, 5.74) is 2.16. The highest BCUT2D eigenvalue weighted by Gasteiger charge is 2.23. The number of nitrogens with one attached hydrogen (secondary N) is 1. The van der Waals surface area contributed by atoms with Crippen LogP contribution in [-0.2, 0) is 11.3 Å². The van der Waals surface area contributed by atoms with E-state index in [1.54, 1.807) is 7.11 Å². The van der Waals surface area contributed by atoms with E-state index in [-0.39, 0.29) is 12.1 Å². The summed E-state index contributed by atoms with van der Waals surface area (Å²) in [6.45, 7) is 6.36. The summed E-state index contributed by atoms with van der Waals surface area (Å²) in [6, 6.07) is 6.04. The van der Waals surface area contributed by atoms with E-state index >= 15 is 0 Å². The number of morpholine rings is 1. The Labute approximate surface area is 119 Å². The van der Waals surface area contributed by atoms with Gasteiger partial charge in [0.2, 0.25) is 0 Å². The second-order valence-electron chi connectivity index (χ2n) is 5.13. The number of carbonyl (C=O) groups excluding carboxylic acids is 1. The molecule has 5 nitrogen and oxygen atoms in total. The fraction of sp³-hybridized carbons (Fsp3) is 0.533. The average molecular weight is 278 g/mol. The van der Waals surface area contributed by atoms with Gasteiger partial charge in [-0.2, -0.15) is 0 Å². The van der Waals surface area contributed by atoms with Crippen LogP contribution in [0.15, 0.2) is 18.2 Å². The summed E-state index contributed by atoms with van der Waals surface area (Å²) in [5.74, 6) is 0.814. The number of ether oxygens (including phenoxy) is 2. The van der Waals surface area contributed by atoms with Crippen LogP contribution in [0.25, 0.3) is 0 Å². The van der Waals surface area contributed by atoms with Gasteiger partial charge in [-0.3, -0.25) is 0 Å². The molecule has 110 valence electrons. The number of amides is 2. The van der Waals surface area contributed by atoms with Crippen molar-refractivity contribution in [2.24, 2.45) is 0 Å². The number of aryl methyl sites for hydroxylation is 1. The van der Waals surface area contributed by atoms with Gasteiger partial charge in [-0.25, -0.2) is 4.79 Å². The van der Waals surface area contributed by atoms with Crippen LogP contribution in [0, 0.1) is 6.92 Å². The maximum atomic E-state index is 12.1. The fourth-order valence-electron chi connectivity index (χ4n) is 2.35. The Kier molecular flexibility index (Phi) is 4.84. The van der Waals surface area contributed by atoms with Crippen LogP contribution >= 0.6 is 0 Å². The summed E-state index contributed by atoms with van der Waals surface area (Å²) in [7, 11) is 1.65. The third-order valence-electron chi connectivity index (χ3n) is 3.42. The Balaban J connectivity index is 1.94. The van der Waals surface area contributed by atoms with Gasteiger partial charge in [0.05, 0.1) is 26.4 Å². The van der Waals surface area contributed by atoms with Gasteiger partial charge < -0.3 is 19.7 Å². The van der Waals surface area contributed by atoms with E-state index in [0.717, 1.165) is 16.9 Å². The number of urea groups is 1. The van der Waals surface area contributed by atoms with Crippen molar-refractivity contribution in [3.05, 3.63) is 29.3 Å². The smallest absolute Gasteiger partial charge is 0.318 e. The van der Waals surface area contributed by atoms with Gasteiger partial charge in [0.15, 0.2) is 0 Å². The number of carbonyl (C=O) groups is 1. The average Bonchev–Trinajstić information content (AvgIpc) is 2.44. The molecule has 0 aliphatic carbocycles. The number of hydrogen-bond acceptors (Lipinski definition) is 3. The molecule has 1 atom stereocenters. The highest BCUT2D eigenvalue weighted by Crippen LogP contribution is 2.16. The third-order valence-corrected chi connectivity index (χ3v) is 3.42. The van der Waals surface area contributed by atoms with E-state index in [0.29, 0.717) is 26.3 Å². The highest BCUT2D eigenvalue weighted by atomic mass is 16.5. The van der Waals surface area contributed by atoms with E-state index < -0.39 is 0 Å². The molecule has 1 aliphatic heterocycles. The molecule has 1 aromatic carbocycles. The van der Waals surface area contributed by atoms with Gasteiger partial charge in [0.25, 0.3) is 0 Å². The molecule has 1 heterocycles. The molecule has 20 heavy (non-hydrogen) atoms. The SMILES string of the molecule is COc1cc(C)cc(CNC(=O)N2CCOCC2C)c1. The zero-order valence-corrected chi connectivity index (χ0v) is 12.3. The zero-order chi connectivity index (χ0) is 14.5. The molecule has 5 heteroatoms. The predicted molar refractivity (Wildman–Crippen MR) is 77.0 cm³/mol. The second-order valence-corrected chi connectivity index (χ2v) is 5.13. The molecule has 1 aliphatic rings. The molecule has 0 aromatic heterocycles. The molecule has 1 fully saturated rings. The van der Waals surface area contributed by atoms with Crippen molar-refractivity contribution in [2.75, 3.05) is 26.9 Å². The van der Waals surface area contributed by atoms with Crippen LogP contribution in [0.5, 0.6) is 5.75 Å². The molecule has 0 bridgehead atoms. The largest absolute Gasteiger partial charge is 0.497 e. The molecule has 1 unspecified atom stereocenters. The normalized spacial score (nSPS) is 18.8. The van der Waals surface area contributed by atoms with Crippen molar-refractivity contribution in [1.82, 2.24) is 10.2 Å². The van der Waals surface area contributed by atoms with Crippen molar-refractivity contribution in [2.45, 2.75) is 26.4 Å². The van der Waals surface area contributed by atoms with E-state index in [1.807, 2.05) is 36.9 Å². The maximum Gasteiger partial charge on any atom is 0.318 e. The molecule has 2 rings (SSSR count). The summed E-state index contributed by atoms with van der Waals surface area (Å²) in [4.78, 5) is 14.0. The minimum Gasteiger partial charge on any atom is -0.497 e. The summed E-state index contributed by atoms with van der Waals surface area (Å²) < 4.78 is 10.6. The molecule has 0 radical (unpaired) electrons. The van der Waals surface area contributed by atoms with E-state index in [4.69, 9.17) is 9.47 Å². The van der Waals surface area contributed by atoms with Gasteiger partial charge in [-0.1, -0.05) is 6.07 Å². The lowest BCUT2D eigenvalue weighted by Gasteiger charge is -2.33. The Morgan fingerprint density at radius 3 is 3.00 bits per heavy atom. The maximum absolute atomic E-state index is 12.1. The Bertz CT molecular complexity index is 476. The van der Waals surface area contributed by atoms with Crippen LogP contribution in [0.3, 0.4) is 0 Å². The molecule has 1 saturated heterocycles. The lowest BCUT2D eigenvalue weighted by atomic mass is 10.1. The second kappa shape index (κ2) is 6.61.